The van der Waals surface area contributed by atoms with Gasteiger partial charge in [0.25, 0.3) is 5.56 Å². The molecule has 0 saturated carbocycles. The standard InChI is InChI=1S/C29H33ClN6O6/c1-5-25(38)32-22-14-42-15-23(22)33-29-31-11-18-8-21(20-9-19(40-3)10-24(41-4)26(20)30)28(39)36(27(18)34-29)13-17-6-7-35(12-17)16(2)37/h5,8-11,17,22-23H,1,6-7,12-15H2,2-4H3,(H,32,38)(H,31,33,34)/t17-,22+,23-/m1/s1. The number of anilines is 1. The van der Waals surface area contributed by atoms with Crippen molar-refractivity contribution in [2.45, 2.75) is 32.0 Å². The quantitative estimate of drug-likeness (QED) is 0.357. The number of carbonyl (C=O) groups excluding carboxylic acids is 2. The number of rotatable bonds is 9. The van der Waals surface area contributed by atoms with Crippen LogP contribution in [0.5, 0.6) is 11.5 Å². The second-order valence-corrected chi connectivity index (χ2v) is 10.7. The molecule has 222 valence electrons. The minimum atomic E-state index is -0.305. The zero-order valence-corrected chi connectivity index (χ0v) is 24.4. The monoisotopic (exact) mass is 596 g/mol. The number of aromatic nitrogens is 3. The van der Waals surface area contributed by atoms with Crippen molar-refractivity contribution in [1.29, 1.82) is 0 Å². The molecule has 3 atom stereocenters. The lowest BCUT2D eigenvalue weighted by Gasteiger charge is -2.21. The second-order valence-electron chi connectivity index (χ2n) is 10.4. The molecule has 13 heteroatoms. The van der Waals surface area contributed by atoms with E-state index in [2.05, 4.69) is 22.2 Å². The van der Waals surface area contributed by atoms with Crippen molar-refractivity contribution in [3.05, 3.63) is 52.4 Å². The molecule has 2 amide bonds. The van der Waals surface area contributed by atoms with Crippen LogP contribution in [-0.2, 0) is 20.9 Å². The third-order valence-corrected chi connectivity index (χ3v) is 8.06. The van der Waals surface area contributed by atoms with Crippen LogP contribution in [0.2, 0.25) is 5.02 Å². The lowest BCUT2D eigenvalue weighted by molar-refractivity contribution is -0.128. The summed E-state index contributed by atoms with van der Waals surface area (Å²) >= 11 is 6.69. The van der Waals surface area contributed by atoms with Crippen molar-refractivity contribution in [3.63, 3.8) is 0 Å². The smallest absolute Gasteiger partial charge is 0.260 e. The number of carbonyl (C=O) groups is 2. The Bertz CT molecular complexity index is 1590. The molecular formula is C29H33ClN6O6. The summed E-state index contributed by atoms with van der Waals surface area (Å²) in [6.45, 7) is 7.23. The highest BCUT2D eigenvalue weighted by molar-refractivity contribution is 6.35. The largest absolute Gasteiger partial charge is 0.497 e. The number of ether oxygens (including phenoxy) is 3. The van der Waals surface area contributed by atoms with Gasteiger partial charge in [-0.15, -0.1) is 0 Å². The molecule has 0 radical (unpaired) electrons. The maximum atomic E-state index is 14.2. The van der Waals surface area contributed by atoms with Crippen LogP contribution in [0.1, 0.15) is 13.3 Å². The van der Waals surface area contributed by atoms with Gasteiger partial charge in [0.2, 0.25) is 17.8 Å². The van der Waals surface area contributed by atoms with E-state index in [0.29, 0.717) is 66.5 Å². The van der Waals surface area contributed by atoms with Gasteiger partial charge in [0.05, 0.1) is 44.5 Å². The Morgan fingerprint density at radius 3 is 2.67 bits per heavy atom. The van der Waals surface area contributed by atoms with E-state index in [1.165, 1.54) is 20.3 Å². The van der Waals surface area contributed by atoms with Crippen LogP contribution >= 0.6 is 11.6 Å². The first-order chi connectivity index (χ1) is 20.2. The Balaban J connectivity index is 1.59. The van der Waals surface area contributed by atoms with Crippen LogP contribution in [-0.4, -0.2) is 83.9 Å². The molecule has 0 unspecified atom stereocenters. The molecule has 2 saturated heterocycles. The Kier molecular flexibility index (Phi) is 8.64. The number of methoxy groups -OCH3 is 2. The van der Waals surface area contributed by atoms with E-state index in [-0.39, 0.29) is 46.3 Å². The fourth-order valence-electron chi connectivity index (χ4n) is 5.40. The first-order valence-electron chi connectivity index (χ1n) is 13.6. The Morgan fingerprint density at radius 1 is 1.19 bits per heavy atom. The molecule has 2 N–H and O–H groups in total. The normalized spacial score (nSPS) is 20.0. The Labute approximate surface area is 247 Å². The van der Waals surface area contributed by atoms with Gasteiger partial charge in [-0.1, -0.05) is 18.2 Å². The molecule has 0 aliphatic carbocycles. The van der Waals surface area contributed by atoms with Gasteiger partial charge in [0.1, 0.15) is 17.1 Å². The Hall–Kier alpha value is -4.16. The number of pyridine rings is 1. The summed E-state index contributed by atoms with van der Waals surface area (Å²) in [5.41, 5.74) is 0.924. The maximum absolute atomic E-state index is 14.2. The van der Waals surface area contributed by atoms with Crippen LogP contribution < -0.4 is 25.7 Å². The highest BCUT2D eigenvalue weighted by Gasteiger charge is 2.30. The van der Waals surface area contributed by atoms with Gasteiger partial charge in [0, 0.05) is 55.3 Å². The number of hydrogen-bond donors (Lipinski definition) is 2. The van der Waals surface area contributed by atoms with E-state index in [0.717, 1.165) is 6.42 Å². The summed E-state index contributed by atoms with van der Waals surface area (Å²) in [4.78, 5) is 49.1. The van der Waals surface area contributed by atoms with Crippen molar-refractivity contribution in [1.82, 2.24) is 24.8 Å². The van der Waals surface area contributed by atoms with Gasteiger partial charge in [-0.2, -0.15) is 4.98 Å². The van der Waals surface area contributed by atoms with Gasteiger partial charge in [-0.05, 0) is 30.5 Å². The van der Waals surface area contributed by atoms with E-state index < -0.39 is 0 Å². The first kappa shape index (κ1) is 29.3. The lowest BCUT2D eigenvalue weighted by atomic mass is 10.0. The summed E-state index contributed by atoms with van der Waals surface area (Å²) < 4.78 is 18.1. The third-order valence-electron chi connectivity index (χ3n) is 7.67. The fraction of sp³-hybridized carbons (Fsp3) is 0.414. The fourth-order valence-corrected chi connectivity index (χ4v) is 5.69. The van der Waals surface area contributed by atoms with E-state index in [1.807, 2.05) is 0 Å². The predicted octanol–water partition coefficient (Wildman–Crippen LogP) is 2.48. The summed E-state index contributed by atoms with van der Waals surface area (Å²) in [7, 11) is 3.02. The minimum absolute atomic E-state index is 0.00408. The molecule has 1 aromatic carbocycles. The molecule has 5 rings (SSSR count). The average Bonchev–Trinajstić information content (AvgIpc) is 3.64. The van der Waals surface area contributed by atoms with Crippen LogP contribution in [0.3, 0.4) is 0 Å². The van der Waals surface area contributed by atoms with Crippen molar-refractivity contribution in [2.24, 2.45) is 5.92 Å². The summed E-state index contributed by atoms with van der Waals surface area (Å²) in [5.74, 6) is 0.894. The topological polar surface area (TPSA) is 137 Å². The predicted molar refractivity (Wildman–Crippen MR) is 158 cm³/mol. The van der Waals surface area contributed by atoms with Crippen molar-refractivity contribution in [2.75, 3.05) is 45.8 Å². The number of nitrogens with zero attached hydrogens (tertiary/aromatic N) is 4. The number of amides is 2. The SMILES string of the molecule is C=CC(=O)N[C@H]1COC[C@H]1Nc1ncc2cc(-c3cc(OC)cc(OC)c3Cl)c(=O)n(C[C@@H]3CCN(C(C)=O)C3)c2n1. The molecule has 2 fully saturated rings. The summed E-state index contributed by atoms with van der Waals surface area (Å²) in [6, 6.07) is 4.46. The molecule has 3 aromatic rings. The maximum Gasteiger partial charge on any atom is 0.260 e. The van der Waals surface area contributed by atoms with Crippen LogP contribution in [0, 0.1) is 5.92 Å². The molecule has 42 heavy (non-hydrogen) atoms. The highest BCUT2D eigenvalue weighted by Crippen LogP contribution is 2.38. The van der Waals surface area contributed by atoms with Crippen LogP contribution in [0.4, 0.5) is 5.95 Å². The van der Waals surface area contributed by atoms with E-state index in [1.54, 1.807) is 40.8 Å². The van der Waals surface area contributed by atoms with Crippen LogP contribution in [0.25, 0.3) is 22.2 Å². The zero-order valence-electron chi connectivity index (χ0n) is 23.7. The lowest BCUT2D eigenvalue weighted by Crippen LogP contribution is -2.45. The van der Waals surface area contributed by atoms with Crippen molar-refractivity contribution >= 4 is 40.4 Å². The molecule has 0 spiro atoms. The Morgan fingerprint density at radius 2 is 1.98 bits per heavy atom. The minimum Gasteiger partial charge on any atom is -0.497 e. The van der Waals surface area contributed by atoms with Gasteiger partial charge in [0.15, 0.2) is 0 Å². The number of benzene rings is 1. The van der Waals surface area contributed by atoms with Gasteiger partial charge in [-0.25, -0.2) is 4.98 Å². The summed E-state index contributed by atoms with van der Waals surface area (Å²) in [6.07, 6.45) is 3.60. The van der Waals surface area contributed by atoms with Gasteiger partial charge < -0.3 is 29.7 Å². The molecule has 4 heterocycles. The number of halogens is 1. The van der Waals surface area contributed by atoms with Gasteiger partial charge in [-0.3, -0.25) is 19.0 Å². The van der Waals surface area contributed by atoms with E-state index >= 15 is 0 Å². The van der Waals surface area contributed by atoms with Gasteiger partial charge >= 0.3 is 0 Å². The first-order valence-corrected chi connectivity index (χ1v) is 13.9. The second kappa shape index (κ2) is 12.4. The highest BCUT2D eigenvalue weighted by atomic mass is 35.5. The average molecular weight is 597 g/mol. The van der Waals surface area contributed by atoms with E-state index in [4.69, 9.17) is 30.8 Å². The molecule has 2 aliphatic rings. The van der Waals surface area contributed by atoms with E-state index in [9.17, 15) is 14.4 Å². The number of fused-ring (bicyclic) bond motifs is 1. The molecule has 2 aromatic heterocycles. The molecule has 12 nitrogen and oxygen atoms in total. The molecule has 0 bridgehead atoms. The molecule has 2 aliphatic heterocycles. The summed E-state index contributed by atoms with van der Waals surface area (Å²) in [5, 5.41) is 6.98. The number of nitrogens with one attached hydrogen (secondary N) is 2. The number of hydrogen-bond acceptors (Lipinski definition) is 9. The zero-order chi connectivity index (χ0) is 30.0. The third kappa shape index (κ3) is 5.90. The van der Waals surface area contributed by atoms with Crippen LogP contribution in [0.15, 0.2) is 41.8 Å². The van der Waals surface area contributed by atoms with Crippen molar-refractivity contribution in [3.8, 4) is 22.6 Å². The molecular weight excluding hydrogens is 564 g/mol. The van der Waals surface area contributed by atoms with Crippen molar-refractivity contribution < 1.29 is 23.8 Å². The number of likely N-dealkylation sites (tertiary alicyclic amines) is 1.